The SMILES string of the molecule is Brc1ccc[nH]1.c1ccc2nc3ccccc3cc2c1. The molecule has 2 heterocycles. The quantitative estimate of drug-likeness (QED) is 0.444. The van der Waals surface area contributed by atoms with Crippen molar-refractivity contribution in [1.29, 1.82) is 0 Å². The van der Waals surface area contributed by atoms with Crippen molar-refractivity contribution < 1.29 is 0 Å². The maximum Gasteiger partial charge on any atom is 0.0820 e. The number of rotatable bonds is 0. The van der Waals surface area contributed by atoms with Gasteiger partial charge in [0.2, 0.25) is 0 Å². The molecule has 2 aromatic carbocycles. The van der Waals surface area contributed by atoms with Crippen molar-refractivity contribution in [3.05, 3.63) is 77.5 Å². The zero-order valence-electron chi connectivity index (χ0n) is 10.8. The summed E-state index contributed by atoms with van der Waals surface area (Å²) in [5.74, 6) is 0. The zero-order chi connectivity index (χ0) is 13.8. The maximum atomic E-state index is 4.58. The van der Waals surface area contributed by atoms with Crippen LogP contribution >= 0.6 is 15.9 Å². The van der Waals surface area contributed by atoms with E-state index in [1.807, 2.05) is 54.7 Å². The first-order valence-corrected chi connectivity index (χ1v) is 7.16. The summed E-state index contributed by atoms with van der Waals surface area (Å²) in [6.45, 7) is 0. The molecule has 2 aromatic heterocycles. The smallest absolute Gasteiger partial charge is 0.0820 e. The summed E-state index contributed by atoms with van der Waals surface area (Å²) >= 11 is 3.23. The lowest BCUT2D eigenvalue weighted by molar-refractivity contribution is 1.36. The van der Waals surface area contributed by atoms with Crippen LogP contribution in [0.1, 0.15) is 0 Å². The second-order valence-corrected chi connectivity index (χ2v) is 5.25. The Morgan fingerprint density at radius 3 is 1.80 bits per heavy atom. The van der Waals surface area contributed by atoms with Crippen LogP contribution in [-0.2, 0) is 0 Å². The summed E-state index contributed by atoms with van der Waals surface area (Å²) in [4.78, 5) is 7.49. The monoisotopic (exact) mass is 324 g/mol. The van der Waals surface area contributed by atoms with Gasteiger partial charge in [-0.05, 0) is 46.3 Å². The second kappa shape index (κ2) is 5.88. The average molecular weight is 325 g/mol. The minimum Gasteiger partial charge on any atom is -0.356 e. The molecular formula is C17H13BrN2. The number of aromatic amines is 1. The van der Waals surface area contributed by atoms with Gasteiger partial charge in [-0.2, -0.15) is 0 Å². The van der Waals surface area contributed by atoms with Gasteiger partial charge in [-0.3, -0.25) is 0 Å². The molecular weight excluding hydrogens is 312 g/mol. The van der Waals surface area contributed by atoms with E-state index in [4.69, 9.17) is 0 Å². The van der Waals surface area contributed by atoms with Gasteiger partial charge in [0.25, 0.3) is 0 Å². The fraction of sp³-hybridized carbons (Fsp3) is 0. The van der Waals surface area contributed by atoms with Crippen LogP contribution in [0.15, 0.2) is 77.5 Å². The van der Waals surface area contributed by atoms with Crippen molar-refractivity contribution in [3.63, 3.8) is 0 Å². The molecule has 0 amide bonds. The molecule has 0 saturated heterocycles. The third-order valence-electron chi connectivity index (χ3n) is 2.99. The van der Waals surface area contributed by atoms with Crippen molar-refractivity contribution >= 4 is 37.7 Å². The molecule has 0 atom stereocenters. The molecule has 3 heteroatoms. The predicted octanol–water partition coefficient (Wildman–Crippen LogP) is 5.17. The van der Waals surface area contributed by atoms with Crippen LogP contribution in [0.3, 0.4) is 0 Å². The van der Waals surface area contributed by atoms with E-state index < -0.39 is 0 Å². The standard InChI is InChI=1S/C13H9N.C4H4BrN/c1-3-7-12-10(5-1)9-11-6-2-4-8-13(11)14-12;5-4-2-1-3-6-4/h1-9H;1-3,6H. The highest BCUT2D eigenvalue weighted by Gasteiger charge is 1.96. The third-order valence-corrected chi connectivity index (χ3v) is 3.48. The summed E-state index contributed by atoms with van der Waals surface area (Å²) in [6.07, 6.45) is 1.87. The Kier molecular flexibility index (Phi) is 3.79. The molecule has 2 nitrogen and oxygen atoms in total. The topological polar surface area (TPSA) is 28.7 Å². The molecule has 0 saturated carbocycles. The van der Waals surface area contributed by atoms with E-state index in [1.54, 1.807) is 0 Å². The molecule has 0 spiro atoms. The number of halogens is 1. The number of nitrogens with zero attached hydrogens (tertiary/aromatic N) is 1. The van der Waals surface area contributed by atoms with Gasteiger partial charge >= 0.3 is 0 Å². The normalized spacial score (nSPS) is 10.2. The molecule has 4 rings (SSSR count). The molecule has 98 valence electrons. The van der Waals surface area contributed by atoms with Crippen molar-refractivity contribution in [2.45, 2.75) is 0 Å². The van der Waals surface area contributed by atoms with Crippen LogP contribution in [-0.4, -0.2) is 9.97 Å². The van der Waals surface area contributed by atoms with Crippen LogP contribution in [0.2, 0.25) is 0 Å². The number of para-hydroxylation sites is 2. The van der Waals surface area contributed by atoms with Gasteiger partial charge in [-0.15, -0.1) is 0 Å². The molecule has 0 bridgehead atoms. The second-order valence-electron chi connectivity index (χ2n) is 4.39. The van der Waals surface area contributed by atoms with Gasteiger partial charge in [0.15, 0.2) is 0 Å². The van der Waals surface area contributed by atoms with E-state index in [9.17, 15) is 0 Å². The average Bonchev–Trinajstić information content (AvgIpc) is 2.97. The number of hydrogen-bond acceptors (Lipinski definition) is 1. The highest BCUT2D eigenvalue weighted by molar-refractivity contribution is 9.10. The summed E-state index contributed by atoms with van der Waals surface area (Å²) in [7, 11) is 0. The third kappa shape index (κ3) is 2.89. The molecule has 20 heavy (non-hydrogen) atoms. The first kappa shape index (κ1) is 12.9. The summed E-state index contributed by atoms with van der Waals surface area (Å²) in [5, 5.41) is 2.40. The Bertz CT molecular complexity index is 718. The molecule has 4 aromatic rings. The fourth-order valence-electron chi connectivity index (χ4n) is 2.03. The predicted molar refractivity (Wildman–Crippen MR) is 87.7 cm³/mol. The first-order chi connectivity index (χ1) is 9.83. The van der Waals surface area contributed by atoms with Gasteiger partial charge in [0.1, 0.15) is 0 Å². The zero-order valence-corrected chi connectivity index (χ0v) is 12.3. The summed E-state index contributed by atoms with van der Waals surface area (Å²) in [5.41, 5.74) is 2.12. The van der Waals surface area contributed by atoms with E-state index in [0.717, 1.165) is 15.6 Å². The lowest BCUT2D eigenvalue weighted by atomic mass is 10.1. The van der Waals surface area contributed by atoms with Gasteiger partial charge in [-0.25, -0.2) is 4.98 Å². The number of benzene rings is 2. The highest BCUT2D eigenvalue weighted by Crippen LogP contribution is 2.18. The summed E-state index contributed by atoms with van der Waals surface area (Å²) in [6, 6.07) is 22.4. The van der Waals surface area contributed by atoms with Gasteiger partial charge in [-0.1, -0.05) is 36.4 Å². The maximum absolute atomic E-state index is 4.58. The van der Waals surface area contributed by atoms with Crippen molar-refractivity contribution in [2.24, 2.45) is 0 Å². The molecule has 1 N–H and O–H groups in total. The Labute approximate surface area is 125 Å². The van der Waals surface area contributed by atoms with Crippen molar-refractivity contribution in [3.8, 4) is 0 Å². The Morgan fingerprint density at radius 2 is 1.35 bits per heavy atom. The Balaban J connectivity index is 0.000000170. The van der Waals surface area contributed by atoms with E-state index in [1.165, 1.54) is 10.8 Å². The summed E-state index contributed by atoms with van der Waals surface area (Å²) < 4.78 is 1.03. The fourth-order valence-corrected chi connectivity index (χ4v) is 2.31. The van der Waals surface area contributed by atoms with Crippen LogP contribution < -0.4 is 0 Å². The number of nitrogens with one attached hydrogen (secondary N) is 1. The first-order valence-electron chi connectivity index (χ1n) is 6.36. The van der Waals surface area contributed by atoms with Crippen LogP contribution in [0, 0.1) is 0 Å². The molecule has 0 aliphatic heterocycles. The van der Waals surface area contributed by atoms with Gasteiger partial charge < -0.3 is 4.98 Å². The molecule has 0 unspecified atom stereocenters. The van der Waals surface area contributed by atoms with Crippen LogP contribution in [0.4, 0.5) is 0 Å². The minimum atomic E-state index is 1.03. The van der Waals surface area contributed by atoms with E-state index in [-0.39, 0.29) is 0 Å². The van der Waals surface area contributed by atoms with Gasteiger partial charge in [0, 0.05) is 17.0 Å². The van der Waals surface area contributed by atoms with Gasteiger partial charge in [0.05, 0.1) is 15.6 Å². The molecule has 0 aliphatic carbocycles. The minimum absolute atomic E-state index is 1.03. The number of pyridine rings is 1. The van der Waals surface area contributed by atoms with Crippen molar-refractivity contribution in [2.75, 3.05) is 0 Å². The van der Waals surface area contributed by atoms with Crippen LogP contribution in [0.25, 0.3) is 21.8 Å². The number of aromatic nitrogens is 2. The highest BCUT2D eigenvalue weighted by atomic mass is 79.9. The Morgan fingerprint density at radius 1 is 0.750 bits per heavy atom. The van der Waals surface area contributed by atoms with Crippen molar-refractivity contribution in [1.82, 2.24) is 9.97 Å². The number of hydrogen-bond donors (Lipinski definition) is 1. The van der Waals surface area contributed by atoms with E-state index in [2.05, 4.69) is 44.1 Å². The number of fused-ring (bicyclic) bond motifs is 2. The van der Waals surface area contributed by atoms with E-state index >= 15 is 0 Å². The number of H-pyrrole nitrogens is 1. The molecule has 0 radical (unpaired) electrons. The molecule has 0 fully saturated rings. The Hall–Kier alpha value is -2.13. The van der Waals surface area contributed by atoms with Crippen LogP contribution in [0.5, 0.6) is 0 Å². The van der Waals surface area contributed by atoms with E-state index in [0.29, 0.717) is 0 Å². The lowest BCUT2D eigenvalue weighted by Crippen LogP contribution is -1.80. The largest absolute Gasteiger partial charge is 0.356 e. The lowest BCUT2D eigenvalue weighted by Gasteiger charge is -1.99. The molecule has 0 aliphatic rings.